The van der Waals surface area contributed by atoms with E-state index in [1.807, 2.05) is 6.92 Å². The predicted octanol–water partition coefficient (Wildman–Crippen LogP) is 3.04. The molecule has 1 aromatic heterocycles. The number of carbonyl (C=O) groups excluding carboxylic acids is 2. The molecule has 0 aliphatic rings. The van der Waals surface area contributed by atoms with Gasteiger partial charge in [0.25, 0.3) is 5.91 Å². The monoisotopic (exact) mass is 342 g/mol. The first-order chi connectivity index (χ1) is 12.0. The molecule has 1 amide bonds. The summed E-state index contributed by atoms with van der Waals surface area (Å²) in [7, 11) is 0. The van der Waals surface area contributed by atoms with Crippen molar-refractivity contribution in [3.8, 4) is 0 Å². The van der Waals surface area contributed by atoms with Crippen LogP contribution in [0.4, 0.5) is 11.6 Å². The molecule has 2 N–H and O–H groups in total. The molecule has 132 valence electrons. The third-order valence-electron chi connectivity index (χ3n) is 3.29. The molecule has 0 saturated heterocycles. The van der Waals surface area contributed by atoms with Gasteiger partial charge in [0.15, 0.2) is 0 Å². The van der Waals surface area contributed by atoms with Crippen LogP contribution in [0, 0.1) is 6.92 Å². The summed E-state index contributed by atoms with van der Waals surface area (Å²) in [5.41, 5.74) is 1.58. The Balaban J connectivity index is 2.23. The summed E-state index contributed by atoms with van der Waals surface area (Å²) in [5, 5.41) is 5.78. The minimum Gasteiger partial charge on any atom is -0.462 e. The van der Waals surface area contributed by atoms with E-state index in [0.717, 1.165) is 13.0 Å². The van der Waals surface area contributed by atoms with E-state index >= 15 is 0 Å². The zero-order valence-electron chi connectivity index (χ0n) is 14.6. The molecule has 0 aliphatic heterocycles. The molecule has 7 nitrogen and oxygen atoms in total. The molecule has 1 heterocycles. The molecular weight excluding hydrogens is 320 g/mol. The largest absolute Gasteiger partial charge is 0.462 e. The number of esters is 1. The van der Waals surface area contributed by atoms with Gasteiger partial charge in [0.2, 0.25) is 5.95 Å². The van der Waals surface area contributed by atoms with Crippen LogP contribution < -0.4 is 10.6 Å². The molecule has 0 aliphatic carbocycles. The minimum absolute atomic E-state index is 0.227. The first kappa shape index (κ1) is 18.4. The molecule has 0 unspecified atom stereocenters. The Labute approximate surface area is 146 Å². The van der Waals surface area contributed by atoms with Crippen LogP contribution in [-0.2, 0) is 4.74 Å². The lowest BCUT2D eigenvalue weighted by molar-refractivity contribution is 0.0527. The fraction of sp³-hybridized carbons (Fsp3) is 0.333. The van der Waals surface area contributed by atoms with Crippen LogP contribution in [0.5, 0.6) is 0 Å². The second-order valence-corrected chi connectivity index (χ2v) is 5.37. The van der Waals surface area contributed by atoms with Gasteiger partial charge in [-0.05, 0) is 38.5 Å². The molecule has 2 rings (SSSR count). The Hall–Kier alpha value is -2.96. The van der Waals surface area contributed by atoms with Crippen LogP contribution in [0.15, 0.2) is 30.3 Å². The maximum Gasteiger partial charge on any atom is 0.340 e. The quantitative estimate of drug-likeness (QED) is 0.751. The van der Waals surface area contributed by atoms with Gasteiger partial charge in [0.05, 0.1) is 17.9 Å². The van der Waals surface area contributed by atoms with Crippen LogP contribution in [0.3, 0.4) is 0 Å². The highest BCUT2D eigenvalue weighted by atomic mass is 16.5. The average molecular weight is 342 g/mol. The molecule has 0 bridgehead atoms. The number of nitrogens with zero attached hydrogens (tertiary/aromatic N) is 2. The van der Waals surface area contributed by atoms with Crippen LogP contribution >= 0.6 is 0 Å². The topological polar surface area (TPSA) is 93.2 Å². The summed E-state index contributed by atoms with van der Waals surface area (Å²) in [6.45, 7) is 6.54. The zero-order chi connectivity index (χ0) is 18.2. The van der Waals surface area contributed by atoms with E-state index in [2.05, 4.69) is 20.6 Å². The lowest BCUT2D eigenvalue weighted by Crippen LogP contribution is -2.18. The Bertz CT molecular complexity index is 762. The van der Waals surface area contributed by atoms with E-state index in [-0.39, 0.29) is 12.3 Å². The van der Waals surface area contributed by atoms with E-state index in [1.165, 1.54) is 0 Å². The number of nitrogens with one attached hydrogen (secondary N) is 2. The highest BCUT2D eigenvalue weighted by molar-refractivity contribution is 6.07. The first-order valence-electron chi connectivity index (χ1n) is 8.22. The SMILES string of the molecule is CCCNc1nc(C)cc(C(=O)Nc2ccccc2C(=O)OCC)n1. The van der Waals surface area contributed by atoms with Crippen LogP contribution in [0.1, 0.15) is 46.8 Å². The number of hydrogen-bond donors (Lipinski definition) is 2. The number of ether oxygens (including phenoxy) is 1. The molecule has 2 aromatic rings. The molecule has 0 atom stereocenters. The summed E-state index contributed by atoms with van der Waals surface area (Å²) in [6, 6.07) is 8.29. The van der Waals surface area contributed by atoms with Gasteiger partial charge in [0, 0.05) is 12.2 Å². The van der Waals surface area contributed by atoms with Gasteiger partial charge < -0.3 is 15.4 Å². The number of benzene rings is 1. The number of amides is 1. The number of para-hydroxylation sites is 1. The Morgan fingerprint density at radius 2 is 1.92 bits per heavy atom. The van der Waals surface area contributed by atoms with Crippen molar-refractivity contribution in [2.24, 2.45) is 0 Å². The van der Waals surface area contributed by atoms with Crippen molar-refractivity contribution >= 4 is 23.5 Å². The predicted molar refractivity (Wildman–Crippen MR) is 95.9 cm³/mol. The Morgan fingerprint density at radius 3 is 2.64 bits per heavy atom. The maximum absolute atomic E-state index is 12.5. The first-order valence-corrected chi connectivity index (χ1v) is 8.22. The molecule has 25 heavy (non-hydrogen) atoms. The molecule has 0 radical (unpaired) electrons. The van der Waals surface area contributed by atoms with Gasteiger partial charge in [-0.25, -0.2) is 14.8 Å². The van der Waals surface area contributed by atoms with Crippen LogP contribution in [0.25, 0.3) is 0 Å². The van der Waals surface area contributed by atoms with Crippen molar-refractivity contribution in [3.63, 3.8) is 0 Å². The number of aromatic nitrogens is 2. The average Bonchev–Trinajstić information content (AvgIpc) is 2.60. The number of anilines is 2. The van der Waals surface area contributed by atoms with E-state index in [9.17, 15) is 9.59 Å². The smallest absolute Gasteiger partial charge is 0.340 e. The zero-order valence-corrected chi connectivity index (χ0v) is 14.6. The van der Waals surface area contributed by atoms with Gasteiger partial charge in [-0.1, -0.05) is 19.1 Å². The Kier molecular flexibility index (Phi) is 6.45. The summed E-state index contributed by atoms with van der Waals surface area (Å²) in [4.78, 5) is 33.0. The van der Waals surface area contributed by atoms with Crippen molar-refractivity contribution in [2.45, 2.75) is 27.2 Å². The highest BCUT2D eigenvalue weighted by Gasteiger charge is 2.16. The van der Waals surface area contributed by atoms with Crippen LogP contribution in [0.2, 0.25) is 0 Å². The summed E-state index contributed by atoms with van der Waals surface area (Å²) < 4.78 is 5.01. The third kappa shape index (κ3) is 5.00. The van der Waals surface area contributed by atoms with E-state index in [1.54, 1.807) is 44.2 Å². The molecule has 0 spiro atoms. The van der Waals surface area contributed by atoms with E-state index in [0.29, 0.717) is 22.9 Å². The lowest BCUT2D eigenvalue weighted by atomic mass is 10.1. The number of aryl methyl sites for hydroxylation is 1. The maximum atomic E-state index is 12.5. The highest BCUT2D eigenvalue weighted by Crippen LogP contribution is 2.17. The van der Waals surface area contributed by atoms with Crippen molar-refractivity contribution in [2.75, 3.05) is 23.8 Å². The number of carbonyl (C=O) groups is 2. The number of hydrogen-bond acceptors (Lipinski definition) is 6. The van der Waals surface area contributed by atoms with Crippen molar-refractivity contribution in [3.05, 3.63) is 47.3 Å². The molecular formula is C18H22N4O3. The normalized spacial score (nSPS) is 10.2. The van der Waals surface area contributed by atoms with Crippen molar-refractivity contribution < 1.29 is 14.3 Å². The molecule has 0 saturated carbocycles. The summed E-state index contributed by atoms with van der Waals surface area (Å²) >= 11 is 0. The van der Waals surface area contributed by atoms with Crippen molar-refractivity contribution in [1.29, 1.82) is 0 Å². The van der Waals surface area contributed by atoms with Gasteiger partial charge in [-0.2, -0.15) is 0 Å². The van der Waals surface area contributed by atoms with Gasteiger partial charge in [-0.15, -0.1) is 0 Å². The molecule has 7 heteroatoms. The van der Waals surface area contributed by atoms with Gasteiger partial charge >= 0.3 is 5.97 Å². The minimum atomic E-state index is -0.484. The molecule has 1 aromatic carbocycles. The van der Waals surface area contributed by atoms with Gasteiger partial charge in [0.1, 0.15) is 5.69 Å². The fourth-order valence-electron chi connectivity index (χ4n) is 2.17. The van der Waals surface area contributed by atoms with Crippen LogP contribution in [-0.4, -0.2) is 35.0 Å². The van der Waals surface area contributed by atoms with E-state index in [4.69, 9.17) is 4.74 Å². The Morgan fingerprint density at radius 1 is 1.16 bits per heavy atom. The molecule has 0 fully saturated rings. The van der Waals surface area contributed by atoms with E-state index < -0.39 is 11.9 Å². The standard InChI is InChI=1S/C18H22N4O3/c1-4-10-19-18-20-12(3)11-15(22-18)16(23)21-14-9-7-6-8-13(14)17(24)25-5-2/h6-9,11H,4-5,10H2,1-3H3,(H,21,23)(H,19,20,22). The summed E-state index contributed by atoms with van der Waals surface area (Å²) in [6.07, 6.45) is 0.922. The van der Waals surface area contributed by atoms with Crippen molar-refractivity contribution in [1.82, 2.24) is 9.97 Å². The fourth-order valence-corrected chi connectivity index (χ4v) is 2.17. The number of rotatable bonds is 7. The third-order valence-corrected chi connectivity index (χ3v) is 3.29. The second-order valence-electron chi connectivity index (χ2n) is 5.37. The second kappa shape index (κ2) is 8.77. The van der Waals surface area contributed by atoms with Gasteiger partial charge in [-0.3, -0.25) is 4.79 Å². The lowest BCUT2D eigenvalue weighted by Gasteiger charge is -2.11. The summed E-state index contributed by atoms with van der Waals surface area (Å²) in [5.74, 6) is -0.491.